The first kappa shape index (κ1) is 16.5. The van der Waals surface area contributed by atoms with Crippen molar-refractivity contribution in [1.29, 1.82) is 0 Å². The minimum absolute atomic E-state index is 0.184. The number of fused-ring (bicyclic) bond motifs is 1. The van der Waals surface area contributed by atoms with Gasteiger partial charge in [0.1, 0.15) is 5.82 Å². The summed E-state index contributed by atoms with van der Waals surface area (Å²) < 4.78 is 24.9. The van der Waals surface area contributed by atoms with Crippen LogP contribution in [0, 0.1) is 11.7 Å². The number of aromatic nitrogens is 1. The van der Waals surface area contributed by atoms with E-state index >= 15 is 0 Å². The lowest BCUT2D eigenvalue weighted by Crippen LogP contribution is -2.47. The number of nitrogens with zero attached hydrogens (tertiary/aromatic N) is 2. The highest BCUT2D eigenvalue weighted by atomic mass is 19.1. The van der Waals surface area contributed by atoms with Gasteiger partial charge in [-0.2, -0.15) is 0 Å². The van der Waals surface area contributed by atoms with Crippen LogP contribution >= 0.6 is 0 Å². The zero-order chi connectivity index (χ0) is 17.1. The minimum Gasteiger partial charge on any atom is -0.477 e. The van der Waals surface area contributed by atoms with E-state index in [0.717, 1.165) is 38.1 Å². The zero-order valence-electron chi connectivity index (χ0n) is 14.2. The van der Waals surface area contributed by atoms with Gasteiger partial charge in [0, 0.05) is 31.4 Å². The first-order chi connectivity index (χ1) is 12.3. The van der Waals surface area contributed by atoms with Crippen molar-refractivity contribution in [3.63, 3.8) is 0 Å². The molecular formula is C20H23FN2O2. The van der Waals surface area contributed by atoms with E-state index in [-0.39, 0.29) is 11.9 Å². The van der Waals surface area contributed by atoms with E-state index < -0.39 is 0 Å². The Bertz CT molecular complexity index is 680. The lowest BCUT2D eigenvalue weighted by molar-refractivity contribution is -0.0590. The summed E-state index contributed by atoms with van der Waals surface area (Å²) >= 11 is 0. The molecule has 4 nitrogen and oxygen atoms in total. The van der Waals surface area contributed by atoms with Crippen molar-refractivity contribution in [2.75, 3.05) is 19.8 Å². The summed E-state index contributed by atoms with van der Waals surface area (Å²) in [6.45, 7) is 3.21. The smallest absolute Gasteiger partial charge is 0.213 e. The largest absolute Gasteiger partial charge is 0.477 e. The number of hydrogen-bond donors (Lipinski definition) is 0. The fourth-order valence-corrected chi connectivity index (χ4v) is 3.92. The van der Waals surface area contributed by atoms with Gasteiger partial charge in [-0.1, -0.05) is 18.2 Å². The molecule has 3 atom stereocenters. The Hall–Kier alpha value is -1.98. The first-order valence-corrected chi connectivity index (χ1v) is 8.92. The SMILES string of the molecule is Fc1ccc(CN2CCO[C@@H]3C[C@H](COc4ccccn4)C[C@@H]32)cc1. The van der Waals surface area contributed by atoms with E-state index in [1.54, 1.807) is 6.20 Å². The number of rotatable bonds is 5. The molecule has 2 heterocycles. The first-order valence-electron chi connectivity index (χ1n) is 8.92. The van der Waals surface area contributed by atoms with Crippen molar-refractivity contribution in [3.05, 3.63) is 60.0 Å². The molecule has 2 fully saturated rings. The molecule has 4 rings (SSSR count). The fraction of sp³-hybridized carbons (Fsp3) is 0.450. The Kier molecular flexibility index (Phi) is 4.95. The standard InChI is InChI=1S/C20H23FN2O2/c21-17-6-4-15(5-7-17)13-23-9-10-24-19-12-16(11-18(19)23)14-25-20-3-1-2-8-22-20/h1-8,16,18-19H,9-14H2/t16-,18+,19-/m1/s1. The van der Waals surface area contributed by atoms with Crippen LogP contribution in [-0.4, -0.2) is 41.8 Å². The number of hydrogen-bond acceptors (Lipinski definition) is 4. The van der Waals surface area contributed by atoms with Crippen LogP contribution in [0.5, 0.6) is 5.88 Å². The summed E-state index contributed by atoms with van der Waals surface area (Å²) in [6, 6.07) is 12.9. The molecule has 0 radical (unpaired) electrons. The molecule has 1 aromatic carbocycles. The Labute approximate surface area is 147 Å². The Morgan fingerprint density at radius 3 is 2.84 bits per heavy atom. The highest BCUT2D eigenvalue weighted by Gasteiger charge is 2.41. The maximum absolute atomic E-state index is 13.1. The van der Waals surface area contributed by atoms with Crippen molar-refractivity contribution in [1.82, 2.24) is 9.88 Å². The highest BCUT2D eigenvalue weighted by Crippen LogP contribution is 2.35. The Balaban J connectivity index is 1.35. The number of halogens is 1. The van der Waals surface area contributed by atoms with Crippen LogP contribution in [-0.2, 0) is 11.3 Å². The molecule has 0 spiro atoms. The van der Waals surface area contributed by atoms with Gasteiger partial charge < -0.3 is 9.47 Å². The molecule has 5 heteroatoms. The normalized spacial score (nSPS) is 26.4. The minimum atomic E-state index is -0.184. The van der Waals surface area contributed by atoms with Gasteiger partial charge in [0.25, 0.3) is 0 Å². The molecule has 0 bridgehead atoms. The lowest BCUT2D eigenvalue weighted by Gasteiger charge is -2.37. The molecule has 0 N–H and O–H groups in total. The monoisotopic (exact) mass is 342 g/mol. The Morgan fingerprint density at radius 1 is 1.16 bits per heavy atom. The molecule has 1 aromatic heterocycles. The number of benzene rings is 1. The third kappa shape index (κ3) is 3.99. The van der Waals surface area contributed by atoms with E-state index in [1.165, 1.54) is 12.1 Å². The predicted molar refractivity (Wildman–Crippen MR) is 92.8 cm³/mol. The van der Waals surface area contributed by atoms with Crippen LogP contribution in [0.2, 0.25) is 0 Å². The molecule has 2 aliphatic rings. The van der Waals surface area contributed by atoms with Crippen LogP contribution in [0.25, 0.3) is 0 Å². The molecule has 0 unspecified atom stereocenters. The number of pyridine rings is 1. The highest BCUT2D eigenvalue weighted by molar-refractivity contribution is 5.16. The number of ether oxygens (including phenoxy) is 2. The van der Waals surface area contributed by atoms with Crippen molar-refractivity contribution in [2.45, 2.75) is 31.5 Å². The van der Waals surface area contributed by atoms with Gasteiger partial charge in [-0.05, 0) is 42.5 Å². The summed E-state index contributed by atoms with van der Waals surface area (Å²) in [7, 11) is 0. The van der Waals surface area contributed by atoms with Crippen LogP contribution in [0.15, 0.2) is 48.7 Å². The van der Waals surface area contributed by atoms with E-state index in [2.05, 4.69) is 9.88 Å². The fourth-order valence-electron chi connectivity index (χ4n) is 3.92. The van der Waals surface area contributed by atoms with E-state index in [1.807, 2.05) is 30.3 Å². The van der Waals surface area contributed by atoms with E-state index in [9.17, 15) is 4.39 Å². The molecule has 0 amide bonds. The average Bonchev–Trinajstić information content (AvgIpc) is 3.07. The second kappa shape index (κ2) is 7.50. The van der Waals surface area contributed by atoms with E-state index in [0.29, 0.717) is 24.4 Å². The van der Waals surface area contributed by atoms with Crippen molar-refractivity contribution < 1.29 is 13.9 Å². The van der Waals surface area contributed by atoms with Crippen LogP contribution in [0.3, 0.4) is 0 Å². The van der Waals surface area contributed by atoms with Gasteiger partial charge in [0.2, 0.25) is 5.88 Å². The molecule has 2 aromatic rings. The molecular weight excluding hydrogens is 319 g/mol. The molecule has 1 saturated carbocycles. The van der Waals surface area contributed by atoms with Crippen molar-refractivity contribution >= 4 is 0 Å². The molecule has 132 valence electrons. The summed E-state index contributed by atoms with van der Waals surface area (Å²) in [6.07, 6.45) is 4.11. The van der Waals surface area contributed by atoms with Crippen molar-refractivity contribution in [2.24, 2.45) is 5.92 Å². The number of morpholine rings is 1. The predicted octanol–water partition coefficient (Wildman–Crippen LogP) is 3.28. The molecule has 1 saturated heterocycles. The van der Waals surface area contributed by atoms with Gasteiger partial charge in [0.05, 0.1) is 19.3 Å². The second-order valence-corrected chi connectivity index (χ2v) is 6.89. The van der Waals surface area contributed by atoms with Crippen LogP contribution in [0.4, 0.5) is 4.39 Å². The molecule has 25 heavy (non-hydrogen) atoms. The summed E-state index contributed by atoms with van der Waals surface area (Å²) in [5.41, 5.74) is 1.15. The summed E-state index contributed by atoms with van der Waals surface area (Å²) in [5.74, 6) is 0.975. The zero-order valence-corrected chi connectivity index (χ0v) is 14.2. The molecule has 1 aliphatic carbocycles. The van der Waals surface area contributed by atoms with Gasteiger partial charge in [0.15, 0.2) is 0 Å². The third-order valence-electron chi connectivity index (χ3n) is 5.15. The summed E-state index contributed by atoms with van der Waals surface area (Å²) in [4.78, 5) is 6.69. The van der Waals surface area contributed by atoms with Gasteiger partial charge in [-0.3, -0.25) is 4.90 Å². The topological polar surface area (TPSA) is 34.6 Å². The third-order valence-corrected chi connectivity index (χ3v) is 5.15. The lowest BCUT2D eigenvalue weighted by atomic mass is 10.1. The van der Waals surface area contributed by atoms with Crippen molar-refractivity contribution in [3.8, 4) is 5.88 Å². The summed E-state index contributed by atoms with van der Waals surface area (Å²) in [5, 5.41) is 0. The van der Waals surface area contributed by atoms with Gasteiger partial charge >= 0.3 is 0 Å². The Morgan fingerprint density at radius 2 is 2.04 bits per heavy atom. The quantitative estimate of drug-likeness (QED) is 0.835. The van der Waals surface area contributed by atoms with E-state index in [4.69, 9.17) is 9.47 Å². The molecule has 1 aliphatic heterocycles. The second-order valence-electron chi connectivity index (χ2n) is 6.89. The van der Waals surface area contributed by atoms with Crippen LogP contribution < -0.4 is 4.74 Å². The van der Waals surface area contributed by atoms with Gasteiger partial charge in [-0.15, -0.1) is 0 Å². The average molecular weight is 342 g/mol. The van der Waals surface area contributed by atoms with Gasteiger partial charge in [-0.25, -0.2) is 9.37 Å². The maximum atomic E-state index is 13.1. The van der Waals surface area contributed by atoms with Crippen LogP contribution in [0.1, 0.15) is 18.4 Å². The maximum Gasteiger partial charge on any atom is 0.213 e.